The smallest absolute Gasteiger partial charge is 0.311 e. The largest absolute Gasteiger partial charge is 0.466 e. The van der Waals surface area contributed by atoms with E-state index in [-0.39, 0.29) is 17.8 Å². The summed E-state index contributed by atoms with van der Waals surface area (Å²) in [6.07, 6.45) is 2.37. The number of ether oxygens (including phenoxy) is 1. The van der Waals surface area contributed by atoms with Crippen LogP contribution in [0.2, 0.25) is 0 Å². The normalized spacial score (nSPS) is 37.8. The zero-order valence-corrected chi connectivity index (χ0v) is 10.8. The van der Waals surface area contributed by atoms with Crippen molar-refractivity contribution < 1.29 is 14.6 Å². The van der Waals surface area contributed by atoms with Gasteiger partial charge in [0.15, 0.2) is 0 Å². The van der Waals surface area contributed by atoms with Crippen molar-refractivity contribution in [2.75, 3.05) is 26.2 Å². The first-order valence-corrected chi connectivity index (χ1v) is 6.73. The van der Waals surface area contributed by atoms with E-state index < -0.39 is 5.60 Å². The highest BCUT2D eigenvalue weighted by atomic mass is 16.5. The number of fused-ring (bicyclic) bond motifs is 2. The van der Waals surface area contributed by atoms with Crippen molar-refractivity contribution in [1.82, 2.24) is 4.90 Å². The number of carbonyl (C=O) groups excluding carboxylic acids is 1. The molecule has 1 N–H and O–H groups in total. The van der Waals surface area contributed by atoms with Gasteiger partial charge < -0.3 is 14.7 Å². The van der Waals surface area contributed by atoms with E-state index >= 15 is 0 Å². The van der Waals surface area contributed by atoms with Gasteiger partial charge in [-0.15, -0.1) is 0 Å². The molecule has 2 aliphatic heterocycles. The van der Waals surface area contributed by atoms with Gasteiger partial charge >= 0.3 is 5.97 Å². The molecule has 2 fully saturated rings. The van der Waals surface area contributed by atoms with Gasteiger partial charge in [0.2, 0.25) is 0 Å². The van der Waals surface area contributed by atoms with Crippen LogP contribution in [0.25, 0.3) is 0 Å². The molecule has 4 atom stereocenters. The van der Waals surface area contributed by atoms with E-state index in [9.17, 15) is 9.90 Å². The zero-order chi connectivity index (χ0) is 12.5. The summed E-state index contributed by atoms with van der Waals surface area (Å²) in [7, 11) is 0. The van der Waals surface area contributed by atoms with Crippen LogP contribution in [0.5, 0.6) is 0 Å². The van der Waals surface area contributed by atoms with Gasteiger partial charge in [0.25, 0.3) is 0 Å². The lowest BCUT2D eigenvalue weighted by Gasteiger charge is -2.42. The van der Waals surface area contributed by atoms with Gasteiger partial charge in [-0.25, -0.2) is 0 Å². The van der Waals surface area contributed by atoms with E-state index in [0.29, 0.717) is 19.4 Å². The zero-order valence-electron chi connectivity index (χ0n) is 10.8. The standard InChI is InChI=1S/C13H23NO3/c1-3-11(12(15)17-4-2)13(16)6-8-14-7-5-10(13)9-14/h10-11,16H,3-9H2,1-2H3. The van der Waals surface area contributed by atoms with Crippen molar-refractivity contribution in [2.45, 2.75) is 38.7 Å². The number of rotatable bonds is 4. The molecule has 4 unspecified atom stereocenters. The van der Waals surface area contributed by atoms with Crippen LogP contribution in [0.4, 0.5) is 0 Å². The molecule has 2 aliphatic rings. The number of aliphatic hydroxyl groups is 1. The predicted octanol–water partition coefficient (Wildman–Crippen LogP) is 1.03. The molecule has 2 saturated heterocycles. The Morgan fingerprint density at radius 1 is 1.53 bits per heavy atom. The first-order valence-electron chi connectivity index (χ1n) is 6.73. The molecular weight excluding hydrogens is 218 g/mol. The molecule has 2 heterocycles. The Hall–Kier alpha value is -0.610. The van der Waals surface area contributed by atoms with E-state index in [4.69, 9.17) is 4.74 Å². The van der Waals surface area contributed by atoms with Gasteiger partial charge in [-0.05, 0) is 32.7 Å². The fourth-order valence-electron chi connectivity index (χ4n) is 3.41. The van der Waals surface area contributed by atoms with E-state index in [2.05, 4.69) is 4.90 Å². The number of piperidine rings is 1. The van der Waals surface area contributed by atoms with E-state index in [0.717, 1.165) is 26.1 Å². The summed E-state index contributed by atoms with van der Waals surface area (Å²) < 4.78 is 5.11. The molecule has 17 heavy (non-hydrogen) atoms. The minimum Gasteiger partial charge on any atom is -0.466 e. The molecule has 4 nitrogen and oxygen atoms in total. The first-order chi connectivity index (χ1) is 8.11. The third-order valence-electron chi connectivity index (χ3n) is 4.39. The molecule has 0 amide bonds. The highest BCUT2D eigenvalue weighted by Gasteiger charge is 2.51. The van der Waals surface area contributed by atoms with Gasteiger partial charge in [0.05, 0.1) is 18.1 Å². The Bertz CT molecular complexity index is 294. The fraction of sp³-hybridized carbons (Fsp3) is 0.923. The molecule has 2 rings (SSSR count). The number of nitrogens with zero attached hydrogens (tertiary/aromatic N) is 1. The topological polar surface area (TPSA) is 49.8 Å². The molecule has 0 aromatic heterocycles. The van der Waals surface area contributed by atoms with Crippen LogP contribution >= 0.6 is 0 Å². The van der Waals surface area contributed by atoms with Crippen LogP contribution in [-0.4, -0.2) is 47.8 Å². The van der Waals surface area contributed by atoms with E-state index in [1.54, 1.807) is 0 Å². The average molecular weight is 241 g/mol. The van der Waals surface area contributed by atoms with Gasteiger partial charge in [0.1, 0.15) is 0 Å². The fourth-order valence-corrected chi connectivity index (χ4v) is 3.41. The number of hydrogen-bond acceptors (Lipinski definition) is 4. The predicted molar refractivity (Wildman–Crippen MR) is 64.5 cm³/mol. The van der Waals surface area contributed by atoms with Crippen molar-refractivity contribution in [3.8, 4) is 0 Å². The Kier molecular flexibility index (Phi) is 3.73. The van der Waals surface area contributed by atoms with Crippen molar-refractivity contribution >= 4 is 5.97 Å². The second kappa shape index (κ2) is 4.94. The maximum absolute atomic E-state index is 12.0. The molecule has 0 aromatic rings. The van der Waals surface area contributed by atoms with E-state index in [1.165, 1.54) is 0 Å². The highest BCUT2D eigenvalue weighted by molar-refractivity contribution is 5.74. The molecule has 0 aliphatic carbocycles. The minimum absolute atomic E-state index is 0.224. The lowest BCUT2D eigenvalue weighted by molar-refractivity contribution is -0.166. The first kappa shape index (κ1) is 12.8. The van der Waals surface area contributed by atoms with Gasteiger partial charge in [0, 0.05) is 19.0 Å². The van der Waals surface area contributed by atoms with Gasteiger partial charge in [-0.1, -0.05) is 6.92 Å². The molecule has 98 valence electrons. The molecule has 2 bridgehead atoms. The van der Waals surface area contributed by atoms with Crippen molar-refractivity contribution in [3.63, 3.8) is 0 Å². The molecule has 0 aromatic carbocycles. The monoisotopic (exact) mass is 241 g/mol. The number of carbonyl (C=O) groups is 1. The van der Waals surface area contributed by atoms with Crippen molar-refractivity contribution in [1.29, 1.82) is 0 Å². The van der Waals surface area contributed by atoms with Gasteiger partial charge in [-0.3, -0.25) is 4.79 Å². The van der Waals surface area contributed by atoms with Crippen LogP contribution in [0.15, 0.2) is 0 Å². The molecule has 4 heteroatoms. The third-order valence-corrected chi connectivity index (χ3v) is 4.39. The van der Waals surface area contributed by atoms with Crippen molar-refractivity contribution in [2.24, 2.45) is 11.8 Å². The summed E-state index contributed by atoms with van der Waals surface area (Å²) in [4.78, 5) is 14.3. The lowest BCUT2D eigenvalue weighted by atomic mass is 9.72. The van der Waals surface area contributed by atoms with Crippen LogP contribution < -0.4 is 0 Å². The molecule has 0 saturated carbocycles. The van der Waals surface area contributed by atoms with Crippen LogP contribution in [0.3, 0.4) is 0 Å². The SMILES string of the molecule is CCOC(=O)C(CC)C1(O)CCN2CCC1C2. The lowest BCUT2D eigenvalue weighted by Crippen LogP contribution is -2.53. The Morgan fingerprint density at radius 3 is 2.94 bits per heavy atom. The van der Waals surface area contributed by atoms with E-state index in [1.807, 2.05) is 13.8 Å². The molecular formula is C13H23NO3. The summed E-state index contributed by atoms with van der Waals surface area (Å²) in [5, 5.41) is 10.9. The second-order valence-electron chi connectivity index (χ2n) is 5.24. The molecule has 0 spiro atoms. The summed E-state index contributed by atoms with van der Waals surface area (Å²) in [5.41, 5.74) is -0.839. The third kappa shape index (κ3) is 2.20. The molecule has 0 radical (unpaired) electrons. The summed E-state index contributed by atoms with van der Waals surface area (Å²) in [5.74, 6) is -0.337. The Balaban J connectivity index is 2.14. The summed E-state index contributed by atoms with van der Waals surface area (Å²) in [6, 6.07) is 0. The number of esters is 1. The second-order valence-corrected chi connectivity index (χ2v) is 5.24. The Morgan fingerprint density at radius 2 is 2.29 bits per heavy atom. The maximum atomic E-state index is 12.0. The van der Waals surface area contributed by atoms with Crippen LogP contribution in [0.1, 0.15) is 33.1 Å². The van der Waals surface area contributed by atoms with Gasteiger partial charge in [-0.2, -0.15) is 0 Å². The summed E-state index contributed by atoms with van der Waals surface area (Å²) >= 11 is 0. The quantitative estimate of drug-likeness (QED) is 0.747. The average Bonchev–Trinajstić information content (AvgIpc) is 2.71. The summed E-state index contributed by atoms with van der Waals surface area (Å²) in [6.45, 7) is 7.07. The van der Waals surface area contributed by atoms with Crippen LogP contribution in [-0.2, 0) is 9.53 Å². The van der Waals surface area contributed by atoms with Crippen molar-refractivity contribution in [3.05, 3.63) is 0 Å². The maximum Gasteiger partial charge on any atom is 0.311 e. The Labute approximate surface area is 103 Å². The number of hydrogen-bond donors (Lipinski definition) is 1. The minimum atomic E-state index is -0.839. The highest BCUT2D eigenvalue weighted by Crippen LogP contribution is 2.42. The van der Waals surface area contributed by atoms with Crippen LogP contribution in [0, 0.1) is 11.8 Å².